The Morgan fingerprint density at radius 2 is 2.17 bits per heavy atom. The minimum atomic E-state index is -1.70. The molecule has 2 atom stereocenters. The van der Waals surface area contributed by atoms with Crippen LogP contribution in [0.3, 0.4) is 0 Å². The van der Waals surface area contributed by atoms with Gasteiger partial charge < -0.3 is 29.0 Å². The Labute approximate surface area is 174 Å². The number of H-pyrrole nitrogens is 1. The molecule has 2 aromatic heterocycles. The topological polar surface area (TPSA) is 139 Å². The van der Waals surface area contributed by atoms with E-state index in [9.17, 15) is 14.5 Å². The van der Waals surface area contributed by atoms with Crippen LogP contribution < -0.4 is 10.8 Å². The number of furan rings is 1. The van der Waals surface area contributed by atoms with E-state index in [4.69, 9.17) is 9.15 Å². The van der Waals surface area contributed by atoms with Gasteiger partial charge in [0.15, 0.2) is 16.9 Å². The van der Waals surface area contributed by atoms with Crippen molar-refractivity contribution in [3.05, 3.63) is 53.4 Å². The molecule has 1 aromatic carbocycles. The zero-order chi connectivity index (χ0) is 21.1. The normalized spacial score (nSPS) is 16.5. The first-order valence-corrected chi connectivity index (χ1v) is 10.5. The van der Waals surface area contributed by atoms with Crippen LogP contribution in [0, 0.1) is 0 Å². The van der Waals surface area contributed by atoms with Crippen LogP contribution in [-0.4, -0.2) is 55.5 Å². The Morgan fingerprint density at radius 3 is 2.90 bits per heavy atom. The van der Waals surface area contributed by atoms with Gasteiger partial charge in [-0.25, -0.2) is 0 Å². The molecule has 1 aliphatic heterocycles. The smallest absolute Gasteiger partial charge is 0.257 e. The summed E-state index contributed by atoms with van der Waals surface area (Å²) in [5, 5.41) is 13.6. The van der Waals surface area contributed by atoms with E-state index in [-0.39, 0.29) is 40.3 Å². The van der Waals surface area contributed by atoms with E-state index in [0.29, 0.717) is 32.1 Å². The lowest BCUT2D eigenvalue weighted by Crippen LogP contribution is -2.40. The second-order valence-electron chi connectivity index (χ2n) is 6.69. The molecule has 11 heteroatoms. The van der Waals surface area contributed by atoms with Crippen molar-refractivity contribution in [2.45, 2.75) is 13.0 Å². The molecule has 3 heterocycles. The molecule has 3 N–H and O–H groups in total. The second kappa shape index (κ2) is 8.69. The number of carbonyl (C=O) groups excluding carboxylic acids is 1. The lowest BCUT2D eigenvalue weighted by molar-refractivity contribution is 0.0301. The van der Waals surface area contributed by atoms with Crippen molar-refractivity contribution < 1.29 is 23.6 Å². The monoisotopic (exact) mass is 431 g/mol. The van der Waals surface area contributed by atoms with Gasteiger partial charge in [0.1, 0.15) is 11.8 Å². The van der Waals surface area contributed by atoms with E-state index < -0.39 is 11.1 Å². The Balaban J connectivity index is 1.62. The van der Waals surface area contributed by atoms with Crippen molar-refractivity contribution >= 4 is 28.6 Å². The lowest BCUT2D eigenvalue weighted by Gasteiger charge is -2.27. The van der Waals surface area contributed by atoms with E-state index in [1.54, 1.807) is 41.5 Å². The van der Waals surface area contributed by atoms with Gasteiger partial charge in [0, 0.05) is 17.5 Å². The highest BCUT2D eigenvalue weighted by Crippen LogP contribution is 2.30. The van der Waals surface area contributed by atoms with Gasteiger partial charge >= 0.3 is 0 Å². The molecule has 3 aromatic rings. The van der Waals surface area contributed by atoms with E-state index in [0.717, 1.165) is 0 Å². The van der Waals surface area contributed by atoms with Crippen molar-refractivity contribution in [1.29, 1.82) is 0 Å². The first-order valence-electron chi connectivity index (χ1n) is 9.38. The Hall–Kier alpha value is -3.15. The number of phenols is 1. The molecule has 1 saturated heterocycles. The standard InChI is InChI=1S/C19H21N5O5S/c1-12(15-6-3-9-29-15)20-17-18(23-30(27)22-17)21-14-5-2-4-13(16(14)25)19(26)24-7-10-28-11-8-24/h2-6,9,12,25H,7-8,10-11H2,1H3,(H,20,22)(H,21,23)/t12-,30?/m1/s1. The number of ether oxygens (including phenoxy) is 1. The zero-order valence-electron chi connectivity index (χ0n) is 16.2. The third-order valence-corrected chi connectivity index (χ3v) is 5.39. The Bertz CT molecular complexity index is 1090. The molecule has 158 valence electrons. The molecular formula is C19H21N5O5S. The number of morpholine rings is 1. The summed E-state index contributed by atoms with van der Waals surface area (Å²) in [6, 6.07) is 8.01. The number of hydrogen-bond acceptors (Lipinski definition) is 8. The molecule has 1 fully saturated rings. The van der Waals surface area contributed by atoms with E-state index in [2.05, 4.69) is 19.1 Å². The Kier molecular flexibility index (Phi) is 5.84. The van der Waals surface area contributed by atoms with Crippen LogP contribution in [0.2, 0.25) is 0 Å². The molecule has 0 radical (unpaired) electrons. The van der Waals surface area contributed by atoms with E-state index >= 15 is 0 Å². The highest BCUT2D eigenvalue weighted by atomic mass is 32.2. The highest BCUT2D eigenvalue weighted by Gasteiger charge is 2.23. The first-order chi connectivity index (χ1) is 14.5. The summed E-state index contributed by atoms with van der Waals surface area (Å²) in [5.74, 6) is 0.336. The van der Waals surface area contributed by atoms with E-state index in [1.165, 1.54) is 0 Å². The molecule has 1 aliphatic rings. The molecule has 1 amide bonds. The number of aromatic amines is 1. The van der Waals surface area contributed by atoms with Gasteiger partial charge in [-0.05, 0) is 31.2 Å². The largest absolute Gasteiger partial charge is 0.548 e. The van der Waals surface area contributed by atoms with Gasteiger partial charge in [0.2, 0.25) is 11.3 Å². The van der Waals surface area contributed by atoms with Crippen LogP contribution in [0.25, 0.3) is 0 Å². The zero-order valence-corrected chi connectivity index (χ0v) is 17.0. The number of aromatic hydroxyl groups is 1. The molecule has 0 saturated carbocycles. The maximum atomic E-state index is 12.8. The number of aromatic nitrogens is 2. The summed E-state index contributed by atoms with van der Waals surface area (Å²) >= 11 is -1.70. The minimum Gasteiger partial charge on any atom is -0.548 e. The minimum absolute atomic E-state index is 0.164. The van der Waals surface area contributed by atoms with Crippen molar-refractivity contribution in [2.24, 2.45) is 4.99 Å². The second-order valence-corrected chi connectivity index (χ2v) is 7.58. The van der Waals surface area contributed by atoms with Crippen molar-refractivity contribution in [3.63, 3.8) is 0 Å². The number of amides is 1. The molecule has 0 bridgehead atoms. The van der Waals surface area contributed by atoms with Crippen molar-refractivity contribution in [3.8, 4) is 5.75 Å². The first kappa shape index (κ1) is 20.1. The number of para-hydroxylation sites is 1. The Morgan fingerprint density at radius 1 is 1.37 bits per heavy atom. The van der Waals surface area contributed by atoms with Crippen LogP contribution in [0.1, 0.15) is 29.1 Å². The summed E-state index contributed by atoms with van der Waals surface area (Å²) < 4.78 is 29.2. The number of nitrogens with zero attached hydrogens (tertiary/aromatic N) is 3. The average Bonchev–Trinajstić information content (AvgIpc) is 3.40. The van der Waals surface area contributed by atoms with Crippen LogP contribution in [0.4, 0.5) is 11.5 Å². The maximum Gasteiger partial charge on any atom is 0.257 e. The third kappa shape index (κ3) is 4.22. The van der Waals surface area contributed by atoms with Gasteiger partial charge in [0.05, 0.1) is 30.7 Å². The SMILES string of the molecule is C[C@@H](N=c1[nH][s+]([O-])nc1Nc1cccc(C(=O)N2CCOCC2)c1O)c1ccco1. The summed E-state index contributed by atoms with van der Waals surface area (Å²) in [4.78, 5) is 18.9. The molecule has 1 unspecified atom stereocenters. The van der Waals surface area contributed by atoms with Crippen LogP contribution >= 0.6 is 11.1 Å². The van der Waals surface area contributed by atoms with E-state index in [1.807, 2.05) is 6.92 Å². The van der Waals surface area contributed by atoms with Gasteiger partial charge in [-0.15, -0.1) is 4.37 Å². The van der Waals surface area contributed by atoms with Gasteiger partial charge in [0.25, 0.3) is 5.91 Å². The number of carbonyl (C=O) groups is 1. The van der Waals surface area contributed by atoms with Crippen molar-refractivity contribution in [2.75, 3.05) is 31.6 Å². The predicted molar refractivity (Wildman–Crippen MR) is 108 cm³/mol. The molecule has 10 nitrogen and oxygen atoms in total. The number of nitrogens with one attached hydrogen (secondary N) is 2. The van der Waals surface area contributed by atoms with Crippen LogP contribution in [-0.2, 0) is 4.74 Å². The number of anilines is 2. The molecule has 30 heavy (non-hydrogen) atoms. The molecule has 0 spiro atoms. The number of phenolic OH excluding ortho intramolecular Hbond substituents is 1. The fraction of sp³-hybridized carbons (Fsp3) is 0.316. The third-order valence-electron chi connectivity index (χ3n) is 4.68. The fourth-order valence-electron chi connectivity index (χ4n) is 3.12. The maximum absolute atomic E-state index is 12.8. The van der Waals surface area contributed by atoms with Crippen molar-refractivity contribution in [1.82, 2.24) is 13.6 Å². The van der Waals surface area contributed by atoms with Crippen LogP contribution in [0.5, 0.6) is 5.75 Å². The van der Waals surface area contributed by atoms with Gasteiger partial charge in [-0.1, -0.05) is 6.07 Å². The predicted octanol–water partition coefficient (Wildman–Crippen LogP) is 2.31. The number of hydrogen-bond donors (Lipinski definition) is 3. The summed E-state index contributed by atoms with van der Waals surface area (Å²) in [6.45, 7) is 3.68. The average molecular weight is 431 g/mol. The molecular weight excluding hydrogens is 410 g/mol. The summed E-state index contributed by atoms with van der Waals surface area (Å²) in [7, 11) is 0. The summed E-state index contributed by atoms with van der Waals surface area (Å²) in [6.07, 6.45) is 1.55. The molecule has 0 aliphatic carbocycles. The fourth-order valence-corrected chi connectivity index (χ4v) is 3.78. The summed E-state index contributed by atoms with van der Waals surface area (Å²) in [5.41, 5.74) is 0.686. The highest BCUT2D eigenvalue weighted by molar-refractivity contribution is 7.13. The van der Waals surface area contributed by atoms with Crippen LogP contribution in [0.15, 0.2) is 46.0 Å². The number of rotatable bonds is 5. The molecule has 4 rings (SSSR count). The van der Waals surface area contributed by atoms with Gasteiger partial charge in [-0.3, -0.25) is 9.79 Å². The number of benzene rings is 1. The lowest BCUT2D eigenvalue weighted by atomic mass is 10.1. The van der Waals surface area contributed by atoms with Gasteiger partial charge in [-0.2, -0.15) is 0 Å². The quantitative estimate of drug-likeness (QED) is 0.416.